The van der Waals surface area contributed by atoms with E-state index in [1.54, 1.807) is 29.3 Å². The number of fused-ring (bicyclic) bond motifs is 3. The van der Waals surface area contributed by atoms with Crippen molar-refractivity contribution < 1.29 is 17.9 Å². The molecule has 0 bridgehead atoms. The van der Waals surface area contributed by atoms with Gasteiger partial charge in [0.05, 0.1) is 35.5 Å². The Morgan fingerprint density at radius 1 is 0.941 bits per heavy atom. The van der Waals surface area contributed by atoms with Crippen molar-refractivity contribution in [3.8, 4) is 0 Å². The van der Waals surface area contributed by atoms with Crippen LogP contribution in [-0.4, -0.2) is 37.3 Å². The summed E-state index contributed by atoms with van der Waals surface area (Å²) in [7, 11) is -2.75. The first kappa shape index (κ1) is 21.9. The molecule has 2 aliphatic rings. The molecule has 172 valence electrons. The zero-order valence-corrected chi connectivity index (χ0v) is 19.5. The maximum absolute atomic E-state index is 13.8. The third-order valence-corrected chi connectivity index (χ3v) is 7.78. The molecule has 0 saturated heterocycles. The lowest BCUT2D eigenvalue weighted by Gasteiger charge is -2.47. The Balaban J connectivity index is 1.76. The molecule has 34 heavy (non-hydrogen) atoms. The molecular formula is C26H23N3O4S. The van der Waals surface area contributed by atoms with Gasteiger partial charge in [-0.1, -0.05) is 66.2 Å². The highest BCUT2D eigenvalue weighted by atomic mass is 32.2. The molecule has 0 saturated carbocycles. The van der Waals surface area contributed by atoms with Crippen LogP contribution in [-0.2, 0) is 19.6 Å². The fourth-order valence-electron chi connectivity index (χ4n) is 4.46. The summed E-state index contributed by atoms with van der Waals surface area (Å²) in [5.74, 6) is -1.07. The van der Waals surface area contributed by atoms with Crippen molar-refractivity contribution in [1.29, 1.82) is 0 Å². The lowest BCUT2D eigenvalue weighted by atomic mass is 9.79. The van der Waals surface area contributed by atoms with Crippen molar-refractivity contribution in [2.45, 2.75) is 23.8 Å². The van der Waals surface area contributed by atoms with Crippen LogP contribution >= 0.6 is 0 Å². The molecular weight excluding hydrogens is 450 g/mol. The van der Waals surface area contributed by atoms with Crippen LogP contribution in [0.5, 0.6) is 0 Å². The molecule has 5 rings (SSSR count). The number of nitrogens with zero attached hydrogens (tertiary/aromatic N) is 3. The topological polar surface area (TPSA) is 79.3 Å². The van der Waals surface area contributed by atoms with Gasteiger partial charge >= 0.3 is 5.97 Å². The molecule has 8 heteroatoms. The van der Waals surface area contributed by atoms with Crippen molar-refractivity contribution in [3.05, 3.63) is 107 Å². The summed E-state index contributed by atoms with van der Waals surface area (Å²) >= 11 is 0. The van der Waals surface area contributed by atoms with Gasteiger partial charge in [0.1, 0.15) is 6.34 Å². The number of sulfonamides is 1. The van der Waals surface area contributed by atoms with Gasteiger partial charge in [-0.2, -0.15) is 12.8 Å². The molecule has 3 aromatic rings. The van der Waals surface area contributed by atoms with Crippen LogP contribution in [0.15, 0.2) is 101 Å². The Morgan fingerprint density at radius 3 is 2.32 bits per heavy atom. The maximum atomic E-state index is 13.8. The smallest absolute Gasteiger partial charge is 0.336 e. The highest BCUT2D eigenvalue weighted by molar-refractivity contribution is 7.89. The standard InChI is InChI=1S/C26H23N3O4S/c1-18-12-14-20(15-13-18)34(31,32)29-16-22(26(30)33-2)24(19-8-4-3-5-9-19)25-21-10-6-7-11-23(21)27-17-28(25)29/h3-17,24-25H,1-2H3/t24-,25+/m1/s1. The summed E-state index contributed by atoms with van der Waals surface area (Å²) in [4.78, 5) is 17.7. The lowest BCUT2D eigenvalue weighted by molar-refractivity contribution is -0.137. The molecule has 0 unspecified atom stereocenters. The number of aryl methyl sites for hydroxylation is 1. The summed E-state index contributed by atoms with van der Waals surface area (Å²) in [6.07, 6.45) is 2.87. The number of esters is 1. The SMILES string of the molecule is COC(=O)C1=CN(S(=O)(=O)c2ccc(C)cc2)N2C=Nc3ccccc3[C@H]2[C@@H]1c1ccccc1. The number of para-hydroxylation sites is 1. The molecule has 0 fully saturated rings. The van der Waals surface area contributed by atoms with Gasteiger partial charge < -0.3 is 4.74 Å². The first-order valence-electron chi connectivity index (χ1n) is 10.8. The van der Waals surface area contributed by atoms with Gasteiger partial charge in [-0.15, -0.1) is 0 Å². The number of carbonyl (C=O) groups is 1. The number of aliphatic imine (C=N–C) groups is 1. The van der Waals surface area contributed by atoms with Crippen molar-refractivity contribution in [3.63, 3.8) is 0 Å². The largest absolute Gasteiger partial charge is 0.466 e. The maximum Gasteiger partial charge on any atom is 0.336 e. The Labute approximate surface area is 198 Å². The second kappa shape index (κ2) is 8.46. The van der Waals surface area contributed by atoms with Crippen LogP contribution in [0.25, 0.3) is 0 Å². The zero-order chi connectivity index (χ0) is 23.9. The number of ether oxygens (including phenoxy) is 1. The number of hydrogen-bond acceptors (Lipinski definition) is 6. The number of rotatable bonds is 4. The zero-order valence-electron chi connectivity index (χ0n) is 18.7. The second-order valence-electron chi connectivity index (χ2n) is 8.18. The quantitative estimate of drug-likeness (QED) is 0.523. The summed E-state index contributed by atoms with van der Waals surface area (Å²) in [6.45, 7) is 1.89. The molecule has 7 nitrogen and oxygen atoms in total. The Bertz CT molecular complexity index is 1400. The van der Waals surface area contributed by atoms with Gasteiger partial charge in [0.2, 0.25) is 0 Å². The molecule has 0 radical (unpaired) electrons. The van der Waals surface area contributed by atoms with E-state index in [2.05, 4.69) is 4.99 Å². The van der Waals surface area contributed by atoms with Crippen LogP contribution in [0.1, 0.15) is 28.7 Å². The average molecular weight is 474 g/mol. The number of benzene rings is 3. The van der Waals surface area contributed by atoms with Gasteiger partial charge in [-0.3, -0.25) is 5.01 Å². The predicted molar refractivity (Wildman–Crippen MR) is 129 cm³/mol. The van der Waals surface area contributed by atoms with Gasteiger partial charge in [0.25, 0.3) is 10.0 Å². The van der Waals surface area contributed by atoms with Gasteiger partial charge in [-0.25, -0.2) is 9.79 Å². The van der Waals surface area contributed by atoms with Crippen LogP contribution in [0.3, 0.4) is 0 Å². The first-order chi connectivity index (χ1) is 16.4. The van der Waals surface area contributed by atoms with E-state index in [1.165, 1.54) is 19.6 Å². The minimum Gasteiger partial charge on any atom is -0.466 e. The molecule has 2 atom stereocenters. The molecule has 0 aliphatic carbocycles. The van der Waals surface area contributed by atoms with E-state index in [0.717, 1.165) is 26.8 Å². The summed E-state index contributed by atoms with van der Waals surface area (Å²) in [5.41, 5.74) is 3.60. The number of hydrazine groups is 1. The highest BCUT2D eigenvalue weighted by Crippen LogP contribution is 2.49. The molecule has 3 aromatic carbocycles. The number of carbonyl (C=O) groups excluding carboxylic acids is 1. The van der Waals surface area contributed by atoms with E-state index in [1.807, 2.05) is 61.5 Å². The van der Waals surface area contributed by atoms with Crippen molar-refractivity contribution in [2.24, 2.45) is 4.99 Å². The van der Waals surface area contributed by atoms with Crippen molar-refractivity contribution in [1.82, 2.24) is 9.42 Å². The summed E-state index contributed by atoms with van der Waals surface area (Å²) in [5, 5.41) is 1.58. The minimum absolute atomic E-state index is 0.114. The first-order valence-corrected chi connectivity index (χ1v) is 12.2. The fraction of sp³-hybridized carbons (Fsp3) is 0.154. The van der Waals surface area contributed by atoms with E-state index in [9.17, 15) is 13.2 Å². The third kappa shape index (κ3) is 3.56. The van der Waals surface area contributed by atoms with Gasteiger partial charge in [0.15, 0.2) is 0 Å². The number of hydrogen-bond donors (Lipinski definition) is 0. The van der Waals surface area contributed by atoms with Crippen LogP contribution in [0.2, 0.25) is 0 Å². The van der Waals surface area contributed by atoms with E-state index >= 15 is 0 Å². The second-order valence-corrected chi connectivity index (χ2v) is 9.98. The van der Waals surface area contributed by atoms with E-state index in [0.29, 0.717) is 0 Å². The summed E-state index contributed by atoms with van der Waals surface area (Å²) < 4.78 is 33.8. The molecule has 0 aromatic heterocycles. The third-order valence-electron chi connectivity index (χ3n) is 6.13. The molecule has 2 heterocycles. The number of methoxy groups -OCH3 is 1. The van der Waals surface area contributed by atoms with E-state index in [-0.39, 0.29) is 10.5 Å². The van der Waals surface area contributed by atoms with Crippen LogP contribution in [0, 0.1) is 6.92 Å². The van der Waals surface area contributed by atoms with Gasteiger partial charge in [-0.05, 0) is 30.7 Å². The average Bonchev–Trinajstić information content (AvgIpc) is 2.87. The van der Waals surface area contributed by atoms with Crippen LogP contribution < -0.4 is 0 Å². The molecule has 0 spiro atoms. The minimum atomic E-state index is -4.05. The Kier molecular flexibility index (Phi) is 5.45. The fourth-order valence-corrected chi connectivity index (χ4v) is 5.80. The predicted octanol–water partition coefficient (Wildman–Crippen LogP) is 4.47. The molecule has 2 aliphatic heterocycles. The monoisotopic (exact) mass is 473 g/mol. The highest BCUT2D eigenvalue weighted by Gasteiger charge is 2.46. The molecule has 0 N–H and O–H groups in total. The van der Waals surface area contributed by atoms with Gasteiger partial charge in [0, 0.05) is 11.5 Å². The van der Waals surface area contributed by atoms with Crippen molar-refractivity contribution in [2.75, 3.05) is 7.11 Å². The molecule has 0 amide bonds. The van der Waals surface area contributed by atoms with Crippen LogP contribution in [0.4, 0.5) is 5.69 Å². The lowest BCUT2D eigenvalue weighted by Crippen LogP contribution is -2.51. The van der Waals surface area contributed by atoms with Crippen molar-refractivity contribution >= 4 is 28.0 Å². The van der Waals surface area contributed by atoms with E-state index in [4.69, 9.17) is 4.74 Å². The summed E-state index contributed by atoms with van der Waals surface area (Å²) in [6, 6.07) is 23.2. The van der Waals surface area contributed by atoms with E-state index < -0.39 is 28.0 Å². The Hall–Kier alpha value is -3.91. The normalized spacial score (nSPS) is 19.2. The Morgan fingerprint density at radius 2 is 1.62 bits per heavy atom.